The largest absolute Gasteiger partial charge is 0.326 e. The zero-order chi connectivity index (χ0) is 8.97. The molecule has 1 aliphatic rings. The minimum Gasteiger partial charge on any atom is -0.326 e. The van der Waals surface area contributed by atoms with Gasteiger partial charge in [-0.05, 0) is 25.9 Å². The molecule has 0 amide bonds. The summed E-state index contributed by atoms with van der Waals surface area (Å²) in [5.74, 6) is 0. The summed E-state index contributed by atoms with van der Waals surface area (Å²) in [6.45, 7) is 6.75. The van der Waals surface area contributed by atoms with Crippen LogP contribution in [-0.2, 0) is 0 Å². The number of nitrogens with two attached hydrogens (primary N) is 1. The smallest absolute Gasteiger partial charge is 0.0246 e. The Bertz CT molecular complexity index is 121. The van der Waals surface area contributed by atoms with Crippen LogP contribution in [0.5, 0.6) is 0 Å². The van der Waals surface area contributed by atoms with E-state index in [0.717, 1.165) is 13.1 Å². The highest BCUT2D eigenvalue weighted by atomic mass is 15.2. The van der Waals surface area contributed by atoms with Gasteiger partial charge in [0.2, 0.25) is 0 Å². The molecular weight excluding hydrogens is 148 g/mol. The minimum atomic E-state index is 0.429. The molecule has 1 saturated carbocycles. The predicted molar refractivity (Wildman–Crippen MR) is 53.2 cm³/mol. The first kappa shape index (κ1) is 10.0. The van der Waals surface area contributed by atoms with E-state index in [1.54, 1.807) is 0 Å². The van der Waals surface area contributed by atoms with Gasteiger partial charge in [-0.1, -0.05) is 26.7 Å². The molecule has 0 saturated heterocycles. The fourth-order valence-corrected chi connectivity index (χ4v) is 2.29. The minimum absolute atomic E-state index is 0.429. The Morgan fingerprint density at radius 1 is 1.17 bits per heavy atom. The maximum absolute atomic E-state index is 6.09. The Morgan fingerprint density at radius 2 is 1.75 bits per heavy atom. The summed E-state index contributed by atoms with van der Waals surface area (Å²) in [6.07, 6.45) is 5.23. The summed E-state index contributed by atoms with van der Waals surface area (Å²) in [5.41, 5.74) is 6.09. The van der Waals surface area contributed by atoms with Gasteiger partial charge in [0.1, 0.15) is 0 Å². The van der Waals surface area contributed by atoms with Crippen molar-refractivity contribution in [3.63, 3.8) is 0 Å². The highest BCUT2D eigenvalue weighted by molar-refractivity contribution is 4.84. The lowest BCUT2D eigenvalue weighted by molar-refractivity contribution is 0.151. The Morgan fingerprint density at radius 3 is 2.25 bits per heavy atom. The summed E-state index contributed by atoms with van der Waals surface area (Å²) >= 11 is 0. The van der Waals surface area contributed by atoms with Crippen molar-refractivity contribution in [3.8, 4) is 0 Å². The molecule has 0 aromatic carbocycles. The van der Waals surface area contributed by atoms with Gasteiger partial charge in [0, 0.05) is 12.1 Å². The van der Waals surface area contributed by atoms with Crippen molar-refractivity contribution < 1.29 is 0 Å². The highest BCUT2D eigenvalue weighted by Crippen LogP contribution is 2.21. The number of likely N-dealkylation sites (N-methyl/N-ethyl adjacent to an activating group) is 1. The summed E-state index contributed by atoms with van der Waals surface area (Å²) in [7, 11) is 0. The van der Waals surface area contributed by atoms with E-state index in [-0.39, 0.29) is 0 Å². The normalized spacial score (nSPS) is 31.0. The van der Waals surface area contributed by atoms with Crippen LogP contribution in [0.25, 0.3) is 0 Å². The Labute approximate surface area is 76.1 Å². The number of hydrogen-bond donors (Lipinski definition) is 1. The van der Waals surface area contributed by atoms with E-state index in [0.29, 0.717) is 12.1 Å². The SMILES string of the molecule is CCN(CC)[C@H]1CCCC[C@@H]1N. The van der Waals surface area contributed by atoms with Gasteiger partial charge in [0.05, 0.1) is 0 Å². The molecule has 1 fully saturated rings. The van der Waals surface area contributed by atoms with Gasteiger partial charge < -0.3 is 5.73 Å². The van der Waals surface area contributed by atoms with Gasteiger partial charge in [-0.3, -0.25) is 4.90 Å². The van der Waals surface area contributed by atoms with Gasteiger partial charge in [-0.15, -0.1) is 0 Å². The van der Waals surface area contributed by atoms with E-state index < -0.39 is 0 Å². The van der Waals surface area contributed by atoms with Gasteiger partial charge in [-0.2, -0.15) is 0 Å². The van der Waals surface area contributed by atoms with Crippen molar-refractivity contribution in [2.75, 3.05) is 13.1 Å². The first-order valence-corrected chi connectivity index (χ1v) is 5.29. The fraction of sp³-hybridized carbons (Fsp3) is 1.00. The number of nitrogens with zero attached hydrogens (tertiary/aromatic N) is 1. The third-order valence-electron chi connectivity index (χ3n) is 3.06. The molecule has 2 nitrogen and oxygen atoms in total. The van der Waals surface area contributed by atoms with Crippen LogP contribution in [0.4, 0.5) is 0 Å². The van der Waals surface area contributed by atoms with Crippen molar-refractivity contribution in [1.29, 1.82) is 0 Å². The van der Waals surface area contributed by atoms with Gasteiger partial charge in [0.25, 0.3) is 0 Å². The molecule has 1 aliphatic carbocycles. The van der Waals surface area contributed by atoms with Crippen molar-refractivity contribution in [2.45, 2.75) is 51.6 Å². The average Bonchev–Trinajstić information content (AvgIpc) is 2.10. The number of hydrogen-bond acceptors (Lipinski definition) is 2. The quantitative estimate of drug-likeness (QED) is 0.697. The van der Waals surface area contributed by atoms with E-state index in [1.807, 2.05) is 0 Å². The standard InChI is InChI=1S/C10H22N2/c1-3-12(4-2)10-8-6-5-7-9(10)11/h9-10H,3-8,11H2,1-2H3/t9-,10-/m0/s1. The number of rotatable bonds is 3. The van der Waals surface area contributed by atoms with Crippen molar-refractivity contribution >= 4 is 0 Å². The van der Waals surface area contributed by atoms with Crippen LogP contribution >= 0.6 is 0 Å². The van der Waals surface area contributed by atoms with Crippen LogP contribution in [0.2, 0.25) is 0 Å². The van der Waals surface area contributed by atoms with Crippen molar-refractivity contribution in [2.24, 2.45) is 5.73 Å². The second kappa shape index (κ2) is 4.83. The molecule has 1 rings (SSSR count). The van der Waals surface area contributed by atoms with Gasteiger partial charge in [0.15, 0.2) is 0 Å². The Balaban J connectivity index is 2.45. The van der Waals surface area contributed by atoms with Crippen LogP contribution in [0.15, 0.2) is 0 Å². The van der Waals surface area contributed by atoms with Crippen LogP contribution < -0.4 is 5.73 Å². The topological polar surface area (TPSA) is 29.3 Å². The van der Waals surface area contributed by atoms with E-state index in [1.165, 1.54) is 25.7 Å². The first-order valence-electron chi connectivity index (χ1n) is 5.29. The molecule has 0 spiro atoms. The van der Waals surface area contributed by atoms with E-state index >= 15 is 0 Å². The third-order valence-corrected chi connectivity index (χ3v) is 3.06. The molecule has 2 N–H and O–H groups in total. The van der Waals surface area contributed by atoms with Crippen LogP contribution in [0.3, 0.4) is 0 Å². The first-order chi connectivity index (χ1) is 5.79. The van der Waals surface area contributed by atoms with Crippen LogP contribution in [0, 0.1) is 0 Å². The molecule has 0 bridgehead atoms. The second-order valence-corrected chi connectivity index (χ2v) is 3.74. The summed E-state index contributed by atoms with van der Waals surface area (Å²) in [4.78, 5) is 2.50. The zero-order valence-corrected chi connectivity index (χ0v) is 8.42. The highest BCUT2D eigenvalue weighted by Gasteiger charge is 2.25. The Kier molecular flexibility index (Phi) is 4.02. The molecule has 72 valence electrons. The molecule has 0 aromatic heterocycles. The molecule has 2 atom stereocenters. The van der Waals surface area contributed by atoms with Crippen molar-refractivity contribution in [3.05, 3.63) is 0 Å². The predicted octanol–water partition coefficient (Wildman–Crippen LogP) is 1.60. The van der Waals surface area contributed by atoms with E-state index in [9.17, 15) is 0 Å². The lowest BCUT2D eigenvalue weighted by Gasteiger charge is -2.37. The lowest BCUT2D eigenvalue weighted by Crippen LogP contribution is -2.49. The molecule has 12 heavy (non-hydrogen) atoms. The maximum atomic E-state index is 6.09. The average molecular weight is 170 g/mol. The fourth-order valence-electron chi connectivity index (χ4n) is 2.29. The molecule has 0 unspecified atom stereocenters. The molecule has 0 heterocycles. The van der Waals surface area contributed by atoms with Crippen molar-refractivity contribution in [1.82, 2.24) is 4.90 Å². The van der Waals surface area contributed by atoms with Gasteiger partial charge >= 0.3 is 0 Å². The zero-order valence-electron chi connectivity index (χ0n) is 8.42. The molecular formula is C10H22N2. The van der Waals surface area contributed by atoms with Gasteiger partial charge in [-0.25, -0.2) is 0 Å². The summed E-state index contributed by atoms with van der Waals surface area (Å²) in [6, 6.07) is 1.09. The molecule has 0 aromatic rings. The third kappa shape index (κ3) is 2.20. The monoisotopic (exact) mass is 170 g/mol. The Hall–Kier alpha value is -0.0800. The molecule has 0 aliphatic heterocycles. The maximum Gasteiger partial charge on any atom is 0.0246 e. The van der Waals surface area contributed by atoms with E-state index in [2.05, 4.69) is 18.7 Å². The second-order valence-electron chi connectivity index (χ2n) is 3.74. The lowest BCUT2D eigenvalue weighted by atomic mass is 9.90. The summed E-state index contributed by atoms with van der Waals surface area (Å²) in [5, 5.41) is 0. The molecule has 2 heteroatoms. The molecule has 0 radical (unpaired) electrons. The van der Waals surface area contributed by atoms with Crippen LogP contribution in [0.1, 0.15) is 39.5 Å². The van der Waals surface area contributed by atoms with E-state index in [4.69, 9.17) is 5.73 Å². The van der Waals surface area contributed by atoms with Crippen LogP contribution in [-0.4, -0.2) is 30.1 Å². The summed E-state index contributed by atoms with van der Waals surface area (Å²) < 4.78 is 0.